The van der Waals surface area contributed by atoms with Gasteiger partial charge in [-0.3, -0.25) is 14.8 Å². The lowest BCUT2D eigenvalue weighted by Gasteiger charge is -2.08. The third-order valence-corrected chi connectivity index (χ3v) is 5.48. The van der Waals surface area contributed by atoms with E-state index >= 15 is 0 Å². The highest BCUT2D eigenvalue weighted by Gasteiger charge is 2.19. The van der Waals surface area contributed by atoms with Crippen molar-refractivity contribution in [2.45, 2.75) is 24.9 Å². The van der Waals surface area contributed by atoms with Crippen molar-refractivity contribution in [3.05, 3.63) is 87.7 Å². The quantitative estimate of drug-likeness (QED) is 0.496. The summed E-state index contributed by atoms with van der Waals surface area (Å²) in [5.74, 6) is 0. The number of nitrogens with one attached hydrogen (secondary N) is 1. The van der Waals surface area contributed by atoms with Gasteiger partial charge in [-0.1, -0.05) is 30.3 Å². The van der Waals surface area contributed by atoms with Gasteiger partial charge < -0.3 is 0 Å². The van der Waals surface area contributed by atoms with Gasteiger partial charge >= 0.3 is 0 Å². The molecule has 140 valence electrons. The number of nitrogens with zero attached hydrogens (tertiary/aromatic N) is 3. The summed E-state index contributed by atoms with van der Waals surface area (Å²) in [6, 6.07) is 13.2. The molecule has 0 fully saturated rings. The number of aromatic nitrogens is 2. The molecule has 1 N–H and O–H groups in total. The van der Waals surface area contributed by atoms with Crippen LogP contribution in [0, 0.1) is 17.0 Å². The molecule has 1 aromatic heterocycles. The molecule has 0 aliphatic rings. The van der Waals surface area contributed by atoms with E-state index in [4.69, 9.17) is 0 Å². The average molecular weight is 386 g/mol. The summed E-state index contributed by atoms with van der Waals surface area (Å²) in [6.45, 7) is 2.28. The second kappa shape index (κ2) is 7.68. The zero-order valence-electron chi connectivity index (χ0n) is 14.6. The second-order valence-electron chi connectivity index (χ2n) is 6.05. The molecule has 3 aromatic rings. The zero-order chi connectivity index (χ0) is 19.4. The molecule has 0 amide bonds. The van der Waals surface area contributed by atoms with Crippen molar-refractivity contribution in [3.8, 4) is 0 Å². The molecule has 8 nitrogen and oxygen atoms in total. The van der Waals surface area contributed by atoms with Gasteiger partial charge in [0.05, 0.1) is 16.4 Å². The highest BCUT2D eigenvalue weighted by atomic mass is 32.2. The van der Waals surface area contributed by atoms with Crippen LogP contribution in [0.1, 0.15) is 16.7 Å². The number of nitro benzene ring substituents is 1. The molecule has 0 saturated heterocycles. The van der Waals surface area contributed by atoms with E-state index in [2.05, 4.69) is 9.82 Å². The van der Waals surface area contributed by atoms with Gasteiger partial charge in [-0.15, -0.1) is 0 Å². The Kier molecular flexibility index (Phi) is 5.33. The summed E-state index contributed by atoms with van der Waals surface area (Å²) in [5.41, 5.74) is 2.01. The third-order valence-electron chi connectivity index (χ3n) is 4.08. The van der Waals surface area contributed by atoms with Gasteiger partial charge in [0, 0.05) is 30.6 Å². The Morgan fingerprint density at radius 1 is 1.15 bits per heavy atom. The molecule has 2 aromatic carbocycles. The molecule has 9 heteroatoms. The van der Waals surface area contributed by atoms with Crippen molar-refractivity contribution < 1.29 is 13.3 Å². The molecule has 27 heavy (non-hydrogen) atoms. The van der Waals surface area contributed by atoms with E-state index in [0.717, 1.165) is 17.2 Å². The molecule has 0 spiro atoms. The van der Waals surface area contributed by atoms with Crippen LogP contribution in [0.5, 0.6) is 0 Å². The number of benzene rings is 2. The number of hydrogen-bond donors (Lipinski definition) is 1. The first-order valence-electron chi connectivity index (χ1n) is 8.15. The Morgan fingerprint density at radius 3 is 2.48 bits per heavy atom. The minimum atomic E-state index is -3.85. The Morgan fingerprint density at radius 2 is 1.85 bits per heavy atom. The standard InChI is InChI=1S/C18H18N4O4S/c1-14-3-8-17(11-18(14)22(23)24)27(25,26)20-12-15-4-6-16(7-5-15)13-21-10-2-9-19-21/h2-11,20H,12-13H2,1H3. The molecule has 3 rings (SSSR count). The van der Waals surface area contributed by atoms with E-state index in [9.17, 15) is 18.5 Å². The number of aryl methyl sites for hydroxylation is 1. The second-order valence-corrected chi connectivity index (χ2v) is 7.82. The van der Waals surface area contributed by atoms with Crippen LogP contribution in [0.3, 0.4) is 0 Å². The van der Waals surface area contributed by atoms with E-state index in [0.29, 0.717) is 12.1 Å². The van der Waals surface area contributed by atoms with Gasteiger partial charge in [-0.05, 0) is 30.2 Å². The number of nitro groups is 1. The highest BCUT2D eigenvalue weighted by Crippen LogP contribution is 2.22. The fraction of sp³-hybridized carbons (Fsp3) is 0.167. The Balaban J connectivity index is 1.68. The van der Waals surface area contributed by atoms with Gasteiger partial charge in [0.2, 0.25) is 10.0 Å². The predicted molar refractivity (Wildman–Crippen MR) is 99.6 cm³/mol. The molecule has 0 aliphatic heterocycles. The van der Waals surface area contributed by atoms with Crippen molar-refractivity contribution >= 4 is 15.7 Å². The fourth-order valence-electron chi connectivity index (χ4n) is 2.56. The maximum Gasteiger partial charge on any atom is 0.273 e. The van der Waals surface area contributed by atoms with Crippen LogP contribution in [0.4, 0.5) is 5.69 Å². The molecule has 0 bridgehead atoms. The maximum absolute atomic E-state index is 12.4. The Hall–Kier alpha value is -3.04. The maximum atomic E-state index is 12.4. The largest absolute Gasteiger partial charge is 0.273 e. The lowest BCUT2D eigenvalue weighted by atomic mass is 10.1. The summed E-state index contributed by atoms with van der Waals surface area (Å²) >= 11 is 0. The van der Waals surface area contributed by atoms with E-state index < -0.39 is 14.9 Å². The van der Waals surface area contributed by atoms with Gasteiger partial charge in [0.25, 0.3) is 5.69 Å². The smallest absolute Gasteiger partial charge is 0.268 e. The van der Waals surface area contributed by atoms with Crippen molar-refractivity contribution in [2.24, 2.45) is 0 Å². The van der Waals surface area contributed by atoms with E-state index in [1.807, 2.05) is 36.5 Å². The first kappa shape index (κ1) is 18.7. The summed E-state index contributed by atoms with van der Waals surface area (Å²) in [5, 5.41) is 15.1. The monoisotopic (exact) mass is 386 g/mol. The van der Waals surface area contributed by atoms with Crippen LogP contribution >= 0.6 is 0 Å². The van der Waals surface area contributed by atoms with E-state index in [1.54, 1.807) is 17.8 Å². The molecule has 0 aliphatic carbocycles. The van der Waals surface area contributed by atoms with E-state index in [1.165, 1.54) is 12.1 Å². The van der Waals surface area contributed by atoms with Crippen LogP contribution in [0.15, 0.2) is 65.8 Å². The van der Waals surface area contributed by atoms with E-state index in [-0.39, 0.29) is 17.1 Å². The summed E-state index contributed by atoms with van der Waals surface area (Å²) in [6.07, 6.45) is 3.57. The SMILES string of the molecule is Cc1ccc(S(=O)(=O)NCc2ccc(Cn3cccn3)cc2)cc1[N+](=O)[O-]. The zero-order valence-corrected chi connectivity index (χ0v) is 15.4. The van der Waals surface area contributed by atoms with Gasteiger partial charge in [-0.25, -0.2) is 13.1 Å². The molecule has 0 radical (unpaired) electrons. The summed E-state index contributed by atoms with van der Waals surface area (Å²) in [4.78, 5) is 10.3. The lowest BCUT2D eigenvalue weighted by Crippen LogP contribution is -2.23. The fourth-order valence-corrected chi connectivity index (χ4v) is 3.60. The minimum absolute atomic E-state index is 0.0893. The lowest BCUT2D eigenvalue weighted by molar-refractivity contribution is -0.385. The van der Waals surface area contributed by atoms with Crippen LogP contribution in [0.25, 0.3) is 0 Å². The number of hydrogen-bond acceptors (Lipinski definition) is 5. The molecule has 1 heterocycles. The topological polar surface area (TPSA) is 107 Å². The first-order chi connectivity index (χ1) is 12.8. The summed E-state index contributed by atoms with van der Waals surface area (Å²) < 4.78 is 29.1. The normalized spacial score (nSPS) is 11.4. The van der Waals surface area contributed by atoms with Crippen molar-refractivity contribution in [1.82, 2.24) is 14.5 Å². The van der Waals surface area contributed by atoms with Crippen LogP contribution in [-0.4, -0.2) is 23.1 Å². The molecule has 0 unspecified atom stereocenters. The van der Waals surface area contributed by atoms with Crippen molar-refractivity contribution in [3.63, 3.8) is 0 Å². The average Bonchev–Trinajstić information content (AvgIpc) is 3.14. The van der Waals surface area contributed by atoms with Gasteiger partial charge in [0.1, 0.15) is 0 Å². The van der Waals surface area contributed by atoms with Gasteiger partial charge in [0.15, 0.2) is 0 Å². The molecule has 0 atom stereocenters. The van der Waals surface area contributed by atoms with Crippen molar-refractivity contribution in [2.75, 3.05) is 0 Å². The molecular weight excluding hydrogens is 368 g/mol. The number of sulfonamides is 1. The summed E-state index contributed by atoms with van der Waals surface area (Å²) in [7, 11) is -3.85. The van der Waals surface area contributed by atoms with Crippen molar-refractivity contribution in [1.29, 1.82) is 0 Å². The predicted octanol–water partition coefficient (Wildman–Crippen LogP) is 2.63. The Labute approximate surface area is 156 Å². The van der Waals surface area contributed by atoms with Crippen LogP contribution < -0.4 is 4.72 Å². The highest BCUT2D eigenvalue weighted by molar-refractivity contribution is 7.89. The Bertz CT molecular complexity index is 1050. The van der Waals surface area contributed by atoms with Gasteiger partial charge in [-0.2, -0.15) is 5.10 Å². The van der Waals surface area contributed by atoms with Crippen LogP contribution in [0.2, 0.25) is 0 Å². The minimum Gasteiger partial charge on any atom is -0.268 e. The number of rotatable bonds is 7. The van der Waals surface area contributed by atoms with Crippen LogP contribution in [-0.2, 0) is 23.1 Å². The molecule has 0 saturated carbocycles. The third kappa shape index (κ3) is 4.57. The molecular formula is C18H18N4O4S. The first-order valence-corrected chi connectivity index (χ1v) is 9.63.